The van der Waals surface area contributed by atoms with Crippen molar-refractivity contribution in [1.29, 1.82) is 0 Å². The van der Waals surface area contributed by atoms with Gasteiger partial charge in [0.1, 0.15) is 0 Å². The molecule has 4 N–H and O–H groups in total. The number of nitrogens with zero attached hydrogens (tertiary/aromatic N) is 4. The Morgan fingerprint density at radius 2 is 2.04 bits per heavy atom. The molecule has 2 aromatic heterocycles. The van der Waals surface area contributed by atoms with E-state index in [0.717, 1.165) is 0 Å². The number of ether oxygens (including phenoxy) is 1. The number of phosphoric acid groups is 1. The van der Waals surface area contributed by atoms with E-state index in [1.165, 1.54) is 17.2 Å². The fourth-order valence-corrected chi connectivity index (χ4v) is 3.03. The Bertz CT molecular complexity index is 767. The number of rotatable bonds is 4. The van der Waals surface area contributed by atoms with E-state index in [4.69, 9.17) is 14.5 Å². The molecular weight excluding hydrogens is 398 g/mol. The number of aromatic nitrogens is 4. The summed E-state index contributed by atoms with van der Waals surface area (Å²) in [5, 5.41) is 20.1. The van der Waals surface area contributed by atoms with Gasteiger partial charge in [-0.05, 0) is 0 Å². The molecule has 0 aromatic carbocycles. The van der Waals surface area contributed by atoms with Gasteiger partial charge in [-0.1, -0.05) is 0 Å². The normalized spacial score (nSPS) is 28.5. The minimum absolute atomic E-state index is 0.376. The number of hydrogen-bond acceptors (Lipinski definition) is 8. The van der Waals surface area contributed by atoms with Gasteiger partial charge in [0.25, 0.3) is 0 Å². The summed E-state index contributed by atoms with van der Waals surface area (Å²) in [6.07, 6.45) is -2.22. The molecule has 0 unspecified atom stereocenters. The fourth-order valence-electron chi connectivity index (χ4n) is 2.28. The molecule has 1 aliphatic heterocycles. The van der Waals surface area contributed by atoms with Crippen molar-refractivity contribution in [2.75, 3.05) is 6.61 Å². The van der Waals surface area contributed by atoms with E-state index in [9.17, 15) is 14.8 Å². The Hall–Kier alpha value is -0.941. The van der Waals surface area contributed by atoms with Crippen molar-refractivity contribution >= 4 is 39.6 Å². The van der Waals surface area contributed by atoms with Crippen LogP contribution in [0.5, 0.6) is 0 Å². The first-order valence-electron chi connectivity index (χ1n) is 6.34. The summed E-state index contributed by atoms with van der Waals surface area (Å²) in [4.78, 5) is 29.5. The first-order valence-corrected chi connectivity index (χ1v) is 8.73. The van der Waals surface area contributed by atoms with Crippen LogP contribution in [0.2, 0.25) is 0 Å². The second kappa shape index (κ2) is 6.17. The predicted molar refractivity (Wildman–Crippen MR) is 74.6 cm³/mol. The molecule has 125 valence electrons. The minimum atomic E-state index is -4.71. The van der Waals surface area contributed by atoms with E-state index >= 15 is 0 Å². The van der Waals surface area contributed by atoms with Gasteiger partial charge in [0.15, 0.2) is 0 Å². The summed E-state index contributed by atoms with van der Waals surface area (Å²) in [5.41, 5.74) is 0.842. The zero-order valence-electron chi connectivity index (χ0n) is 11.3. The van der Waals surface area contributed by atoms with Crippen LogP contribution in [0.1, 0.15) is 6.23 Å². The van der Waals surface area contributed by atoms with Crippen LogP contribution in [-0.2, 0) is 13.8 Å². The molecule has 0 amide bonds. The number of fused-ring (bicyclic) bond motifs is 1. The predicted octanol–water partition coefficient (Wildman–Crippen LogP) is -2.65. The summed E-state index contributed by atoms with van der Waals surface area (Å²) < 4.78 is 22.4. The SMILES string of the molecule is O=P(O)(O)OC[C@H]1O[C@@H](n2cnc3c([Se])ncnc32)[C@H](O)[C@@H]1O. The van der Waals surface area contributed by atoms with E-state index in [-0.39, 0.29) is 0 Å². The topological polar surface area (TPSA) is 160 Å². The molecule has 23 heavy (non-hydrogen) atoms. The molecule has 1 radical (unpaired) electrons. The van der Waals surface area contributed by atoms with Crippen LogP contribution < -0.4 is 4.59 Å². The summed E-state index contributed by atoms with van der Waals surface area (Å²) in [6, 6.07) is 0. The third-order valence-electron chi connectivity index (χ3n) is 3.34. The molecule has 4 atom stereocenters. The van der Waals surface area contributed by atoms with E-state index in [0.29, 0.717) is 15.8 Å². The van der Waals surface area contributed by atoms with Gasteiger partial charge in [-0.15, -0.1) is 0 Å². The summed E-state index contributed by atoms with van der Waals surface area (Å²) in [6.45, 7) is -0.576. The quantitative estimate of drug-likeness (QED) is 0.310. The van der Waals surface area contributed by atoms with Crippen molar-refractivity contribution in [3.05, 3.63) is 12.7 Å². The van der Waals surface area contributed by atoms with Gasteiger partial charge in [0.05, 0.1) is 0 Å². The molecular formula is C10H12N4O7PSe. The number of aliphatic hydroxyl groups is 2. The summed E-state index contributed by atoms with van der Waals surface area (Å²) in [7, 11) is -4.71. The molecule has 1 fully saturated rings. The van der Waals surface area contributed by atoms with E-state index < -0.39 is 39.0 Å². The first-order chi connectivity index (χ1) is 10.8. The molecule has 13 heteroatoms. The zero-order valence-corrected chi connectivity index (χ0v) is 13.9. The standard InChI is InChI=1S/C10H12N4O7PSe/c15-6-4(1-20-22(17,18)19)21-10(7(6)16)14-3-13-5-8(14)11-2-12-9(5)23/h2-4,6-7,10,15-16H,1H2,(H2,17,18,19)/t4-,6-,7-,10-/m1/s1. The van der Waals surface area contributed by atoms with Gasteiger partial charge in [-0.25, -0.2) is 0 Å². The molecule has 2 aromatic rings. The van der Waals surface area contributed by atoms with Gasteiger partial charge in [0.2, 0.25) is 0 Å². The van der Waals surface area contributed by atoms with Crippen LogP contribution in [0.15, 0.2) is 12.7 Å². The number of hydrogen-bond donors (Lipinski definition) is 4. The van der Waals surface area contributed by atoms with Crippen LogP contribution in [0.3, 0.4) is 0 Å². The zero-order chi connectivity index (χ0) is 16.8. The molecule has 11 nitrogen and oxygen atoms in total. The molecule has 0 bridgehead atoms. The van der Waals surface area contributed by atoms with E-state index in [1.54, 1.807) is 0 Å². The Morgan fingerprint density at radius 1 is 1.30 bits per heavy atom. The summed E-state index contributed by atoms with van der Waals surface area (Å²) >= 11 is 2.73. The average Bonchev–Trinajstić information content (AvgIpc) is 3.01. The van der Waals surface area contributed by atoms with Gasteiger partial charge >= 0.3 is 137 Å². The van der Waals surface area contributed by atoms with Crippen molar-refractivity contribution in [1.82, 2.24) is 19.5 Å². The maximum atomic E-state index is 10.7. The van der Waals surface area contributed by atoms with Crippen LogP contribution >= 0.6 is 7.82 Å². The molecule has 3 heterocycles. The van der Waals surface area contributed by atoms with Crippen LogP contribution in [0.25, 0.3) is 11.2 Å². The molecule has 0 aliphatic carbocycles. The second-order valence-electron chi connectivity index (χ2n) is 4.84. The fraction of sp³-hybridized carbons (Fsp3) is 0.500. The first kappa shape index (κ1) is 16.9. The monoisotopic (exact) mass is 411 g/mol. The van der Waals surface area contributed by atoms with E-state index in [2.05, 4.69) is 35.5 Å². The van der Waals surface area contributed by atoms with Crippen molar-refractivity contribution in [2.24, 2.45) is 0 Å². The Labute approximate surface area is 137 Å². The third-order valence-corrected chi connectivity index (χ3v) is 4.46. The molecule has 1 saturated heterocycles. The van der Waals surface area contributed by atoms with E-state index in [1.807, 2.05) is 0 Å². The van der Waals surface area contributed by atoms with Gasteiger partial charge < -0.3 is 0 Å². The Morgan fingerprint density at radius 3 is 2.74 bits per heavy atom. The van der Waals surface area contributed by atoms with Crippen molar-refractivity contribution < 1.29 is 33.8 Å². The van der Waals surface area contributed by atoms with Gasteiger partial charge in [0, 0.05) is 0 Å². The number of aliphatic hydroxyl groups excluding tert-OH is 2. The van der Waals surface area contributed by atoms with Crippen LogP contribution in [0.4, 0.5) is 0 Å². The average molecular weight is 410 g/mol. The van der Waals surface area contributed by atoms with Gasteiger partial charge in [-0.3, -0.25) is 0 Å². The maximum absolute atomic E-state index is 10.7. The van der Waals surface area contributed by atoms with Crippen LogP contribution in [0, 0.1) is 0 Å². The molecule has 1 aliphatic rings. The molecule has 0 spiro atoms. The van der Waals surface area contributed by atoms with Crippen molar-refractivity contribution in [2.45, 2.75) is 24.5 Å². The van der Waals surface area contributed by atoms with Gasteiger partial charge in [-0.2, -0.15) is 0 Å². The van der Waals surface area contributed by atoms with Crippen molar-refractivity contribution in [3.8, 4) is 0 Å². The molecule has 0 saturated carbocycles. The Balaban J connectivity index is 1.85. The Kier molecular flexibility index (Phi) is 4.53. The summed E-state index contributed by atoms with van der Waals surface area (Å²) in [5.74, 6) is 0. The van der Waals surface area contributed by atoms with Crippen LogP contribution in [-0.4, -0.2) is 80.5 Å². The number of imidazole rings is 1. The molecule has 3 rings (SSSR count). The number of phosphoric ester groups is 1. The van der Waals surface area contributed by atoms with Crippen molar-refractivity contribution in [3.63, 3.8) is 0 Å². The third kappa shape index (κ3) is 3.31. The second-order valence-corrected chi connectivity index (χ2v) is 6.89.